The van der Waals surface area contributed by atoms with Crippen LogP contribution < -0.4 is 0 Å². The SMILES string of the molecule is CC(C)(C)OC(=O)N1CCCCC1CCOCC(=O)c1ccc[nH]1. The normalized spacial score (nSPS) is 18.5. The first-order valence-corrected chi connectivity index (χ1v) is 8.61. The summed E-state index contributed by atoms with van der Waals surface area (Å²) < 4.78 is 11.0. The summed E-state index contributed by atoms with van der Waals surface area (Å²) in [7, 11) is 0. The molecule has 1 aromatic rings. The number of H-pyrrole nitrogens is 1. The Morgan fingerprint density at radius 3 is 2.79 bits per heavy atom. The maximum absolute atomic E-state index is 12.3. The molecule has 1 unspecified atom stereocenters. The van der Waals surface area contributed by atoms with Crippen LogP contribution in [-0.4, -0.2) is 53.2 Å². The first-order valence-electron chi connectivity index (χ1n) is 8.61. The van der Waals surface area contributed by atoms with E-state index in [9.17, 15) is 9.59 Å². The predicted octanol–water partition coefficient (Wildman–Crippen LogP) is 3.39. The number of likely N-dealkylation sites (tertiary alicyclic amines) is 1. The zero-order chi connectivity index (χ0) is 17.6. The summed E-state index contributed by atoms with van der Waals surface area (Å²) in [6.45, 7) is 6.86. The van der Waals surface area contributed by atoms with Crippen LogP contribution in [0.2, 0.25) is 0 Å². The highest BCUT2D eigenvalue weighted by atomic mass is 16.6. The van der Waals surface area contributed by atoms with Crippen molar-refractivity contribution in [1.29, 1.82) is 0 Å². The molecular formula is C18H28N2O4. The number of ketones is 1. The molecule has 1 amide bonds. The van der Waals surface area contributed by atoms with Crippen LogP contribution in [0.3, 0.4) is 0 Å². The van der Waals surface area contributed by atoms with Gasteiger partial charge in [0, 0.05) is 25.4 Å². The molecule has 0 aromatic carbocycles. The predicted molar refractivity (Wildman–Crippen MR) is 91.1 cm³/mol. The van der Waals surface area contributed by atoms with E-state index in [0.29, 0.717) is 12.3 Å². The Labute approximate surface area is 143 Å². The minimum atomic E-state index is -0.488. The molecule has 1 N–H and O–H groups in total. The fraction of sp³-hybridized carbons (Fsp3) is 0.667. The van der Waals surface area contributed by atoms with Gasteiger partial charge in [-0.2, -0.15) is 0 Å². The lowest BCUT2D eigenvalue weighted by molar-refractivity contribution is 0.00456. The molecule has 0 saturated carbocycles. The highest BCUT2D eigenvalue weighted by molar-refractivity contribution is 5.95. The molecule has 1 saturated heterocycles. The van der Waals surface area contributed by atoms with Crippen molar-refractivity contribution >= 4 is 11.9 Å². The van der Waals surface area contributed by atoms with Gasteiger partial charge in [-0.05, 0) is 58.6 Å². The molecule has 134 valence electrons. The van der Waals surface area contributed by atoms with Crippen molar-refractivity contribution in [2.24, 2.45) is 0 Å². The van der Waals surface area contributed by atoms with Crippen molar-refractivity contribution in [3.8, 4) is 0 Å². The number of aromatic nitrogens is 1. The van der Waals surface area contributed by atoms with Gasteiger partial charge in [0.1, 0.15) is 12.2 Å². The van der Waals surface area contributed by atoms with Crippen LogP contribution in [0.4, 0.5) is 4.79 Å². The summed E-state index contributed by atoms with van der Waals surface area (Å²) in [5, 5.41) is 0. The maximum Gasteiger partial charge on any atom is 0.410 e. The Morgan fingerprint density at radius 1 is 1.33 bits per heavy atom. The second-order valence-electron chi connectivity index (χ2n) is 7.17. The summed E-state index contributed by atoms with van der Waals surface area (Å²) in [5.41, 5.74) is 0.0703. The van der Waals surface area contributed by atoms with Crippen LogP contribution in [0.15, 0.2) is 18.3 Å². The van der Waals surface area contributed by atoms with Crippen LogP contribution >= 0.6 is 0 Å². The van der Waals surface area contributed by atoms with Crippen molar-refractivity contribution in [3.63, 3.8) is 0 Å². The monoisotopic (exact) mass is 336 g/mol. The smallest absolute Gasteiger partial charge is 0.410 e. The molecule has 1 aliphatic heterocycles. The first kappa shape index (κ1) is 18.5. The number of amides is 1. The number of rotatable bonds is 6. The number of hydrogen-bond donors (Lipinski definition) is 1. The molecule has 6 heteroatoms. The zero-order valence-electron chi connectivity index (χ0n) is 14.8. The zero-order valence-corrected chi connectivity index (χ0v) is 14.8. The van der Waals surface area contributed by atoms with E-state index in [1.165, 1.54) is 0 Å². The van der Waals surface area contributed by atoms with Crippen molar-refractivity contribution in [1.82, 2.24) is 9.88 Å². The molecule has 0 bridgehead atoms. The van der Waals surface area contributed by atoms with E-state index >= 15 is 0 Å². The highest BCUT2D eigenvalue weighted by Crippen LogP contribution is 2.22. The quantitative estimate of drug-likeness (QED) is 0.638. The lowest BCUT2D eigenvalue weighted by Crippen LogP contribution is -2.46. The molecule has 0 aliphatic carbocycles. The Hall–Kier alpha value is -1.82. The average Bonchev–Trinajstić information content (AvgIpc) is 3.04. The van der Waals surface area contributed by atoms with Gasteiger partial charge in [0.2, 0.25) is 5.78 Å². The van der Waals surface area contributed by atoms with Crippen LogP contribution in [0.5, 0.6) is 0 Å². The number of carbonyl (C=O) groups excluding carboxylic acids is 2. The third-order valence-corrected chi connectivity index (χ3v) is 3.98. The highest BCUT2D eigenvalue weighted by Gasteiger charge is 2.30. The molecule has 2 heterocycles. The Morgan fingerprint density at radius 2 is 2.12 bits per heavy atom. The first-order chi connectivity index (χ1) is 11.4. The third-order valence-electron chi connectivity index (χ3n) is 3.98. The number of carbonyl (C=O) groups is 2. The second kappa shape index (κ2) is 8.33. The van der Waals surface area contributed by atoms with E-state index in [4.69, 9.17) is 9.47 Å². The Balaban J connectivity index is 1.76. The fourth-order valence-corrected chi connectivity index (χ4v) is 2.83. The molecule has 0 spiro atoms. The van der Waals surface area contributed by atoms with Crippen LogP contribution in [0, 0.1) is 0 Å². The molecule has 0 radical (unpaired) electrons. The number of Topliss-reactive ketones (excluding diaryl/α,β-unsaturated/α-hetero) is 1. The molecule has 1 atom stereocenters. The molecule has 1 aliphatic rings. The molecular weight excluding hydrogens is 308 g/mol. The Bertz CT molecular complexity index is 534. The van der Waals surface area contributed by atoms with Gasteiger partial charge in [0.05, 0.1) is 5.69 Å². The molecule has 6 nitrogen and oxygen atoms in total. The number of nitrogens with zero attached hydrogens (tertiary/aromatic N) is 1. The van der Waals surface area contributed by atoms with Crippen LogP contribution in [-0.2, 0) is 9.47 Å². The van der Waals surface area contributed by atoms with Gasteiger partial charge in [0.25, 0.3) is 0 Å². The number of aromatic amines is 1. The van der Waals surface area contributed by atoms with Gasteiger partial charge < -0.3 is 19.4 Å². The van der Waals surface area contributed by atoms with Gasteiger partial charge in [-0.25, -0.2) is 4.79 Å². The lowest BCUT2D eigenvalue weighted by Gasteiger charge is -2.36. The molecule has 1 aromatic heterocycles. The summed E-state index contributed by atoms with van der Waals surface area (Å²) in [6, 6.07) is 3.64. The number of ether oxygens (including phenoxy) is 2. The number of piperidine rings is 1. The standard InChI is InChI=1S/C18H28N2O4/c1-18(2,3)24-17(22)20-11-5-4-7-14(20)9-12-23-13-16(21)15-8-6-10-19-15/h6,8,10,14,19H,4-5,7,9,11-13H2,1-3H3. The minimum Gasteiger partial charge on any atom is -0.444 e. The Kier molecular flexibility index (Phi) is 6.43. The van der Waals surface area contributed by atoms with Gasteiger partial charge in [-0.3, -0.25) is 4.79 Å². The van der Waals surface area contributed by atoms with E-state index < -0.39 is 5.60 Å². The minimum absolute atomic E-state index is 0.0552. The fourth-order valence-electron chi connectivity index (χ4n) is 2.83. The average molecular weight is 336 g/mol. The summed E-state index contributed by atoms with van der Waals surface area (Å²) in [5.74, 6) is -0.0624. The van der Waals surface area contributed by atoms with E-state index in [1.54, 1.807) is 18.3 Å². The largest absolute Gasteiger partial charge is 0.444 e. The lowest BCUT2D eigenvalue weighted by atomic mass is 10.0. The van der Waals surface area contributed by atoms with Crippen molar-refractivity contribution < 1.29 is 19.1 Å². The van der Waals surface area contributed by atoms with Crippen molar-refractivity contribution in [2.45, 2.75) is 58.1 Å². The van der Waals surface area contributed by atoms with E-state index in [2.05, 4.69) is 4.98 Å². The second-order valence-corrected chi connectivity index (χ2v) is 7.17. The number of nitrogens with one attached hydrogen (secondary N) is 1. The van der Waals surface area contributed by atoms with Crippen molar-refractivity contribution in [2.75, 3.05) is 19.8 Å². The van der Waals surface area contributed by atoms with E-state index in [-0.39, 0.29) is 24.5 Å². The van der Waals surface area contributed by atoms with Gasteiger partial charge in [0.15, 0.2) is 0 Å². The molecule has 24 heavy (non-hydrogen) atoms. The summed E-state index contributed by atoms with van der Waals surface area (Å²) in [6.07, 6.45) is 5.24. The topological polar surface area (TPSA) is 71.6 Å². The van der Waals surface area contributed by atoms with Crippen LogP contribution in [0.25, 0.3) is 0 Å². The van der Waals surface area contributed by atoms with E-state index in [1.807, 2.05) is 25.7 Å². The maximum atomic E-state index is 12.3. The molecule has 1 fully saturated rings. The van der Waals surface area contributed by atoms with Gasteiger partial charge in [-0.15, -0.1) is 0 Å². The van der Waals surface area contributed by atoms with Crippen molar-refractivity contribution in [3.05, 3.63) is 24.0 Å². The molecule has 2 rings (SSSR count). The third kappa shape index (κ3) is 5.67. The van der Waals surface area contributed by atoms with Gasteiger partial charge >= 0.3 is 6.09 Å². The summed E-state index contributed by atoms with van der Waals surface area (Å²) >= 11 is 0. The van der Waals surface area contributed by atoms with E-state index in [0.717, 1.165) is 32.2 Å². The van der Waals surface area contributed by atoms with Crippen LogP contribution in [0.1, 0.15) is 56.9 Å². The number of hydrogen-bond acceptors (Lipinski definition) is 4. The summed E-state index contributed by atoms with van der Waals surface area (Å²) in [4.78, 5) is 28.9. The van der Waals surface area contributed by atoms with Gasteiger partial charge in [-0.1, -0.05) is 0 Å².